The van der Waals surface area contributed by atoms with E-state index in [0.29, 0.717) is 17.4 Å². The first-order chi connectivity index (χ1) is 15.4. The Hall–Kier alpha value is -2.10. The van der Waals surface area contributed by atoms with E-state index in [2.05, 4.69) is 39.8 Å². The molecule has 1 N–H and O–H groups in total. The Morgan fingerprint density at radius 2 is 1.73 bits per heavy atom. The summed E-state index contributed by atoms with van der Waals surface area (Å²) < 4.78 is 5.23. The van der Waals surface area contributed by atoms with Gasteiger partial charge in [-0.1, -0.05) is 38.5 Å². The third-order valence-corrected chi connectivity index (χ3v) is 10.7. The average molecular weight is 451 g/mol. The summed E-state index contributed by atoms with van der Waals surface area (Å²) in [5.74, 6) is 0.544. The first kappa shape index (κ1) is 22.7. The Labute approximate surface area is 197 Å². The average Bonchev–Trinajstić information content (AvgIpc) is 2.78. The molecule has 5 rings (SSSR count). The van der Waals surface area contributed by atoms with Crippen LogP contribution >= 0.6 is 0 Å². The molecule has 0 aromatic rings. The van der Waals surface area contributed by atoms with Gasteiger partial charge in [-0.25, -0.2) is 0 Å². The topological polar surface area (TPSA) is 63.6 Å². The highest BCUT2D eigenvalue weighted by atomic mass is 16.5. The van der Waals surface area contributed by atoms with Crippen LogP contribution in [0.25, 0.3) is 0 Å². The predicted molar refractivity (Wildman–Crippen MR) is 128 cm³/mol. The summed E-state index contributed by atoms with van der Waals surface area (Å²) in [7, 11) is 1.52. The van der Waals surface area contributed by atoms with E-state index < -0.39 is 5.41 Å². The zero-order valence-electron chi connectivity index (χ0n) is 21.0. The number of esters is 1. The number of hydrogen-bond acceptors (Lipinski definition) is 4. The number of carbonyl (C=O) groups is 2. The molecule has 0 heterocycles. The van der Waals surface area contributed by atoms with E-state index in [1.807, 2.05) is 6.92 Å². The van der Waals surface area contributed by atoms with E-state index in [0.717, 1.165) is 49.7 Å². The fourth-order valence-corrected chi connectivity index (χ4v) is 8.47. The number of allylic oxidation sites excluding steroid dienone is 7. The molecular weight excluding hydrogens is 412 g/mol. The number of aliphatic hydroxyl groups excluding tert-OH is 1. The molecule has 0 aromatic heterocycles. The van der Waals surface area contributed by atoms with Crippen molar-refractivity contribution in [3.63, 3.8) is 0 Å². The highest BCUT2D eigenvalue weighted by Crippen LogP contribution is 2.70. The Morgan fingerprint density at radius 1 is 1.03 bits per heavy atom. The molecule has 5 aliphatic carbocycles. The second-order valence-electron chi connectivity index (χ2n) is 12.5. The van der Waals surface area contributed by atoms with Gasteiger partial charge < -0.3 is 9.84 Å². The van der Waals surface area contributed by atoms with Gasteiger partial charge in [-0.05, 0) is 98.7 Å². The van der Waals surface area contributed by atoms with E-state index >= 15 is 0 Å². The Kier molecular flexibility index (Phi) is 4.78. The maximum Gasteiger partial charge on any atom is 0.311 e. The fourth-order valence-electron chi connectivity index (χ4n) is 8.47. The third-order valence-electron chi connectivity index (χ3n) is 10.7. The smallest absolute Gasteiger partial charge is 0.311 e. The first-order valence-electron chi connectivity index (χ1n) is 12.6. The minimum absolute atomic E-state index is 0.0363. The molecule has 0 bridgehead atoms. The Balaban J connectivity index is 1.58. The molecule has 1 unspecified atom stereocenters. The van der Waals surface area contributed by atoms with Gasteiger partial charge in [0.1, 0.15) is 0 Å². The summed E-state index contributed by atoms with van der Waals surface area (Å²) in [4.78, 5) is 25.3. The van der Waals surface area contributed by atoms with Crippen molar-refractivity contribution in [1.29, 1.82) is 0 Å². The van der Waals surface area contributed by atoms with Crippen LogP contribution in [0.3, 0.4) is 0 Å². The number of methoxy groups -OCH3 is 1. The van der Waals surface area contributed by atoms with Gasteiger partial charge in [0, 0.05) is 11.0 Å². The standard InChI is InChI=1S/C29H38O4/c1-17-18-7-8-23-28(4,20(18)15-22(30)24(17)31)10-9-19-21-16-27(3,25(32)33-6)12-11-26(21,2)13-14-29(19,23)5/h7-8,15,19,21,31H,9-14,16H2,1-6H3/t19?,21-,26+,27+,28-,29-/m0/s1. The molecule has 3 saturated carbocycles. The van der Waals surface area contributed by atoms with Gasteiger partial charge in [-0.15, -0.1) is 0 Å². The number of fused-ring (bicyclic) bond motifs is 7. The Bertz CT molecular complexity index is 1070. The van der Waals surface area contributed by atoms with Crippen molar-refractivity contribution < 1.29 is 19.4 Å². The number of carbonyl (C=O) groups excluding carboxylic acids is 2. The molecule has 0 saturated heterocycles. The molecule has 4 nitrogen and oxygen atoms in total. The number of aliphatic hydroxyl groups is 1. The lowest BCUT2D eigenvalue weighted by Crippen LogP contribution is -2.57. The van der Waals surface area contributed by atoms with Gasteiger partial charge in [0.25, 0.3) is 0 Å². The van der Waals surface area contributed by atoms with E-state index in [1.165, 1.54) is 19.1 Å². The van der Waals surface area contributed by atoms with Gasteiger partial charge in [-0.2, -0.15) is 0 Å². The van der Waals surface area contributed by atoms with Gasteiger partial charge in [0.05, 0.1) is 12.5 Å². The number of rotatable bonds is 1. The quantitative estimate of drug-likeness (QED) is 0.470. The van der Waals surface area contributed by atoms with Crippen LogP contribution in [-0.2, 0) is 14.3 Å². The number of hydrogen-bond donors (Lipinski definition) is 1. The van der Waals surface area contributed by atoms with Crippen molar-refractivity contribution in [1.82, 2.24) is 0 Å². The van der Waals surface area contributed by atoms with Crippen LogP contribution in [0.1, 0.15) is 79.6 Å². The minimum Gasteiger partial charge on any atom is -0.504 e. The molecule has 3 fully saturated rings. The molecule has 0 spiro atoms. The maximum atomic E-state index is 12.7. The summed E-state index contributed by atoms with van der Waals surface area (Å²) in [6.45, 7) is 11.1. The monoisotopic (exact) mass is 450 g/mol. The summed E-state index contributed by atoms with van der Waals surface area (Å²) in [6.07, 6.45) is 13.4. The van der Waals surface area contributed by atoms with E-state index in [4.69, 9.17) is 4.74 Å². The van der Waals surface area contributed by atoms with Crippen LogP contribution in [-0.4, -0.2) is 24.0 Å². The van der Waals surface area contributed by atoms with Crippen molar-refractivity contribution in [2.24, 2.45) is 33.5 Å². The number of ether oxygens (including phenoxy) is 1. The molecular formula is C29H38O4. The molecule has 0 amide bonds. The molecule has 33 heavy (non-hydrogen) atoms. The van der Waals surface area contributed by atoms with Crippen molar-refractivity contribution in [2.45, 2.75) is 79.6 Å². The highest BCUT2D eigenvalue weighted by Gasteiger charge is 2.62. The molecule has 6 atom stereocenters. The van der Waals surface area contributed by atoms with Crippen molar-refractivity contribution >= 4 is 11.8 Å². The third kappa shape index (κ3) is 2.88. The SMILES string of the molecule is COC(=O)[C@]1(C)CC[C@]2(C)CC[C@]3(C)C4=CC=C5C(=CC(=O)C(O)=C5C)[C@]4(C)CCC3[C@@H]2C1. The van der Waals surface area contributed by atoms with Crippen LogP contribution < -0.4 is 0 Å². The first-order valence-corrected chi connectivity index (χ1v) is 12.6. The second-order valence-corrected chi connectivity index (χ2v) is 12.5. The van der Waals surface area contributed by atoms with Gasteiger partial charge in [0.15, 0.2) is 5.76 Å². The minimum atomic E-state index is -0.399. The zero-order valence-corrected chi connectivity index (χ0v) is 21.0. The molecule has 5 aliphatic rings. The van der Waals surface area contributed by atoms with Gasteiger partial charge in [0.2, 0.25) is 5.78 Å². The zero-order chi connectivity index (χ0) is 24.0. The molecule has 0 aliphatic heterocycles. The summed E-state index contributed by atoms with van der Waals surface area (Å²) in [5, 5.41) is 10.3. The predicted octanol–water partition coefficient (Wildman–Crippen LogP) is 6.40. The molecule has 178 valence electrons. The normalized spacial score (nSPS) is 44.4. The second kappa shape index (κ2) is 6.96. The lowest BCUT2D eigenvalue weighted by Gasteiger charge is -2.64. The molecule has 4 heteroatoms. The van der Waals surface area contributed by atoms with Crippen molar-refractivity contribution in [3.8, 4) is 0 Å². The summed E-state index contributed by atoms with van der Waals surface area (Å²) >= 11 is 0. The van der Waals surface area contributed by atoms with Crippen molar-refractivity contribution in [3.05, 3.63) is 46.3 Å². The maximum absolute atomic E-state index is 12.7. The lowest BCUT2D eigenvalue weighted by atomic mass is 9.39. The summed E-state index contributed by atoms with van der Waals surface area (Å²) in [6, 6.07) is 0. The Morgan fingerprint density at radius 3 is 2.42 bits per heavy atom. The highest BCUT2D eigenvalue weighted by molar-refractivity contribution is 6.06. The van der Waals surface area contributed by atoms with Crippen LogP contribution in [0, 0.1) is 33.5 Å². The van der Waals surface area contributed by atoms with Gasteiger partial charge in [-0.3, -0.25) is 9.59 Å². The van der Waals surface area contributed by atoms with Crippen LogP contribution in [0.2, 0.25) is 0 Å². The van der Waals surface area contributed by atoms with Crippen LogP contribution in [0.5, 0.6) is 0 Å². The van der Waals surface area contributed by atoms with Crippen LogP contribution in [0.4, 0.5) is 0 Å². The van der Waals surface area contributed by atoms with Gasteiger partial charge >= 0.3 is 5.97 Å². The summed E-state index contributed by atoms with van der Waals surface area (Å²) in [5.41, 5.74) is 3.94. The van der Waals surface area contributed by atoms with E-state index in [-0.39, 0.29) is 33.8 Å². The van der Waals surface area contributed by atoms with Crippen LogP contribution in [0.15, 0.2) is 46.3 Å². The van der Waals surface area contributed by atoms with E-state index in [9.17, 15) is 14.7 Å². The molecule has 0 radical (unpaired) electrons. The number of ketones is 1. The molecule has 0 aromatic carbocycles. The fraction of sp³-hybridized carbons (Fsp3) is 0.655. The van der Waals surface area contributed by atoms with E-state index in [1.54, 1.807) is 6.08 Å². The lowest BCUT2D eigenvalue weighted by molar-refractivity contribution is -0.164. The van der Waals surface area contributed by atoms with Crippen molar-refractivity contribution in [2.75, 3.05) is 7.11 Å². The largest absolute Gasteiger partial charge is 0.504 e.